The predicted octanol–water partition coefficient (Wildman–Crippen LogP) is 0.780. The van der Waals surface area contributed by atoms with Gasteiger partial charge in [-0.1, -0.05) is 6.92 Å². The van der Waals surface area contributed by atoms with Gasteiger partial charge in [0.2, 0.25) is 6.79 Å². The van der Waals surface area contributed by atoms with E-state index < -0.39 is 11.8 Å². The Morgan fingerprint density at radius 3 is 2.86 bits per heavy atom. The van der Waals surface area contributed by atoms with E-state index in [0.717, 1.165) is 12.0 Å². The highest BCUT2D eigenvalue weighted by molar-refractivity contribution is 6.35. The topological polar surface area (TPSA) is 89.0 Å². The quantitative estimate of drug-likeness (QED) is 0.487. The molecule has 0 saturated heterocycles. The number of carbonyl (C=O) groups is 2. The van der Waals surface area contributed by atoms with Gasteiger partial charge in [-0.15, -0.1) is 0 Å². The Morgan fingerprint density at radius 2 is 2.10 bits per heavy atom. The largest absolute Gasteiger partial charge is 0.454 e. The first kappa shape index (κ1) is 14.8. The molecule has 0 saturated carbocycles. The normalized spacial score (nSPS) is 14.0. The molecule has 1 aromatic carbocycles. The van der Waals surface area contributed by atoms with Crippen LogP contribution in [0.3, 0.4) is 0 Å². The molecule has 1 aliphatic heterocycles. The second-order valence-corrected chi connectivity index (χ2v) is 4.59. The summed E-state index contributed by atoms with van der Waals surface area (Å²) in [7, 11) is 0. The molecule has 1 atom stereocenters. The van der Waals surface area contributed by atoms with Crippen LogP contribution in [0, 0.1) is 0 Å². The smallest absolute Gasteiger partial charge is 0.329 e. The average Bonchev–Trinajstić information content (AvgIpc) is 2.94. The van der Waals surface area contributed by atoms with Crippen LogP contribution < -0.4 is 20.2 Å². The van der Waals surface area contributed by atoms with E-state index in [2.05, 4.69) is 15.8 Å². The van der Waals surface area contributed by atoms with E-state index in [1.807, 2.05) is 13.8 Å². The number of amides is 2. The molecule has 0 bridgehead atoms. The number of hydrogen-bond acceptors (Lipinski definition) is 5. The van der Waals surface area contributed by atoms with Crippen LogP contribution in [0.25, 0.3) is 0 Å². The maximum absolute atomic E-state index is 11.5. The molecule has 2 amide bonds. The van der Waals surface area contributed by atoms with Gasteiger partial charge in [-0.05, 0) is 37.1 Å². The molecule has 2 rings (SSSR count). The summed E-state index contributed by atoms with van der Waals surface area (Å²) in [4.78, 5) is 23.0. The van der Waals surface area contributed by atoms with E-state index in [0.29, 0.717) is 11.5 Å². The molecule has 1 aliphatic rings. The first-order chi connectivity index (χ1) is 10.1. The number of hydrazone groups is 1. The van der Waals surface area contributed by atoms with E-state index in [1.54, 1.807) is 18.2 Å². The standard InChI is InChI=1S/C14H17N3O4/c1-3-9(2)16-13(18)14(19)17-15-7-10-4-5-11-12(6-10)21-8-20-11/h4-7,9H,3,8H2,1-2H3,(H,16,18)(H,17,19)/b15-7-/t9-/m1/s1. The van der Waals surface area contributed by atoms with Gasteiger partial charge in [-0.2, -0.15) is 5.10 Å². The Balaban J connectivity index is 1.87. The Bertz CT molecular complexity index is 571. The third-order valence-electron chi connectivity index (χ3n) is 2.97. The second-order valence-electron chi connectivity index (χ2n) is 4.59. The summed E-state index contributed by atoms with van der Waals surface area (Å²) in [6, 6.07) is 5.20. The zero-order chi connectivity index (χ0) is 15.2. The molecule has 0 aromatic heterocycles. The zero-order valence-electron chi connectivity index (χ0n) is 11.9. The van der Waals surface area contributed by atoms with Crippen LogP contribution in [0.4, 0.5) is 0 Å². The molecule has 2 N–H and O–H groups in total. The SMILES string of the molecule is CC[C@@H](C)NC(=O)C(=O)N/N=C\c1ccc2c(c1)OCO2. The highest BCUT2D eigenvalue weighted by atomic mass is 16.7. The summed E-state index contributed by atoms with van der Waals surface area (Å²) < 4.78 is 10.4. The highest BCUT2D eigenvalue weighted by Crippen LogP contribution is 2.31. The third kappa shape index (κ3) is 3.95. The Kier molecular flexibility index (Phi) is 4.76. The molecule has 7 heteroatoms. The van der Waals surface area contributed by atoms with E-state index >= 15 is 0 Å². The summed E-state index contributed by atoms with van der Waals surface area (Å²) in [5.74, 6) is -0.205. The van der Waals surface area contributed by atoms with E-state index in [4.69, 9.17) is 9.47 Å². The van der Waals surface area contributed by atoms with Crippen LogP contribution in [0.1, 0.15) is 25.8 Å². The van der Waals surface area contributed by atoms with Crippen molar-refractivity contribution in [3.63, 3.8) is 0 Å². The minimum absolute atomic E-state index is 0.0545. The van der Waals surface area contributed by atoms with Crippen molar-refractivity contribution < 1.29 is 19.1 Å². The Labute approximate surface area is 122 Å². The lowest BCUT2D eigenvalue weighted by atomic mass is 10.2. The first-order valence-corrected chi connectivity index (χ1v) is 6.63. The van der Waals surface area contributed by atoms with Crippen molar-refractivity contribution in [2.75, 3.05) is 6.79 Å². The molecular formula is C14H17N3O4. The Hall–Kier alpha value is -2.57. The van der Waals surface area contributed by atoms with Crippen LogP contribution in [0.5, 0.6) is 11.5 Å². The van der Waals surface area contributed by atoms with Crippen LogP contribution in [-0.4, -0.2) is 30.9 Å². The number of fused-ring (bicyclic) bond motifs is 1. The van der Waals surface area contributed by atoms with Gasteiger partial charge in [-0.3, -0.25) is 9.59 Å². The van der Waals surface area contributed by atoms with Crippen molar-refractivity contribution >= 4 is 18.0 Å². The highest BCUT2D eigenvalue weighted by Gasteiger charge is 2.15. The lowest BCUT2D eigenvalue weighted by Gasteiger charge is -2.09. The van der Waals surface area contributed by atoms with Gasteiger partial charge in [0.25, 0.3) is 0 Å². The number of rotatable bonds is 4. The fraction of sp³-hybridized carbons (Fsp3) is 0.357. The number of nitrogens with one attached hydrogen (secondary N) is 2. The maximum Gasteiger partial charge on any atom is 0.329 e. The van der Waals surface area contributed by atoms with Crippen molar-refractivity contribution in [3.05, 3.63) is 23.8 Å². The molecule has 21 heavy (non-hydrogen) atoms. The van der Waals surface area contributed by atoms with Crippen molar-refractivity contribution in [3.8, 4) is 11.5 Å². The first-order valence-electron chi connectivity index (χ1n) is 6.63. The molecule has 1 heterocycles. The van der Waals surface area contributed by atoms with Crippen molar-refractivity contribution in [1.29, 1.82) is 0 Å². The van der Waals surface area contributed by atoms with Gasteiger partial charge < -0.3 is 14.8 Å². The predicted molar refractivity (Wildman–Crippen MR) is 76.2 cm³/mol. The second kappa shape index (κ2) is 6.74. The van der Waals surface area contributed by atoms with E-state index in [1.165, 1.54) is 6.21 Å². The fourth-order valence-electron chi connectivity index (χ4n) is 1.60. The minimum atomic E-state index is -0.799. The molecule has 112 valence electrons. The number of nitrogens with zero attached hydrogens (tertiary/aromatic N) is 1. The van der Waals surface area contributed by atoms with Gasteiger partial charge in [0.15, 0.2) is 11.5 Å². The van der Waals surface area contributed by atoms with Crippen LogP contribution in [0.15, 0.2) is 23.3 Å². The van der Waals surface area contributed by atoms with Crippen molar-refractivity contribution in [2.24, 2.45) is 5.10 Å². The summed E-state index contributed by atoms with van der Waals surface area (Å²) in [6.07, 6.45) is 2.18. The Morgan fingerprint density at radius 1 is 1.33 bits per heavy atom. The van der Waals surface area contributed by atoms with Crippen molar-refractivity contribution in [2.45, 2.75) is 26.3 Å². The molecule has 0 unspecified atom stereocenters. The van der Waals surface area contributed by atoms with Crippen LogP contribution in [-0.2, 0) is 9.59 Å². The van der Waals surface area contributed by atoms with Crippen LogP contribution >= 0.6 is 0 Å². The van der Waals surface area contributed by atoms with Gasteiger partial charge >= 0.3 is 11.8 Å². The average molecular weight is 291 g/mol. The van der Waals surface area contributed by atoms with Gasteiger partial charge in [-0.25, -0.2) is 5.43 Å². The molecule has 7 nitrogen and oxygen atoms in total. The van der Waals surface area contributed by atoms with Gasteiger partial charge in [0.05, 0.1) is 6.21 Å². The fourth-order valence-corrected chi connectivity index (χ4v) is 1.60. The summed E-state index contributed by atoms with van der Waals surface area (Å²) >= 11 is 0. The summed E-state index contributed by atoms with van der Waals surface area (Å²) in [5, 5.41) is 6.29. The molecule has 0 radical (unpaired) electrons. The molecule has 0 spiro atoms. The number of carbonyl (C=O) groups excluding carboxylic acids is 2. The van der Waals surface area contributed by atoms with Crippen LogP contribution in [0.2, 0.25) is 0 Å². The summed E-state index contributed by atoms with van der Waals surface area (Å²) in [5.41, 5.74) is 2.90. The van der Waals surface area contributed by atoms with Crippen molar-refractivity contribution in [1.82, 2.24) is 10.7 Å². The third-order valence-corrected chi connectivity index (χ3v) is 2.97. The lowest BCUT2D eigenvalue weighted by Crippen LogP contribution is -2.41. The zero-order valence-corrected chi connectivity index (χ0v) is 11.9. The molecular weight excluding hydrogens is 274 g/mol. The van der Waals surface area contributed by atoms with Gasteiger partial charge in [0, 0.05) is 6.04 Å². The number of benzene rings is 1. The number of hydrogen-bond donors (Lipinski definition) is 2. The van der Waals surface area contributed by atoms with E-state index in [-0.39, 0.29) is 12.8 Å². The molecule has 0 fully saturated rings. The minimum Gasteiger partial charge on any atom is -0.454 e. The summed E-state index contributed by atoms with van der Waals surface area (Å²) in [6.45, 7) is 3.93. The van der Waals surface area contributed by atoms with Gasteiger partial charge in [0.1, 0.15) is 0 Å². The molecule has 0 aliphatic carbocycles. The molecule has 1 aromatic rings. The van der Waals surface area contributed by atoms with E-state index in [9.17, 15) is 9.59 Å². The monoisotopic (exact) mass is 291 g/mol. The maximum atomic E-state index is 11.5. The lowest BCUT2D eigenvalue weighted by molar-refractivity contribution is -0.139. The number of ether oxygens (including phenoxy) is 2.